The molecule has 1 N–H and O–H groups in total. The lowest BCUT2D eigenvalue weighted by Gasteiger charge is -2.30. The van der Waals surface area contributed by atoms with Crippen molar-refractivity contribution in [2.24, 2.45) is 0 Å². The van der Waals surface area contributed by atoms with Crippen molar-refractivity contribution in [3.05, 3.63) is 0 Å². The van der Waals surface area contributed by atoms with Crippen LogP contribution >= 0.6 is 0 Å². The van der Waals surface area contributed by atoms with Crippen LogP contribution in [0, 0.1) is 11.3 Å². The second kappa shape index (κ2) is 7.61. The number of methoxy groups -OCH3 is 1. The van der Waals surface area contributed by atoms with Gasteiger partial charge in [0.1, 0.15) is 5.54 Å². The van der Waals surface area contributed by atoms with Gasteiger partial charge in [-0.05, 0) is 40.8 Å². The lowest BCUT2D eigenvalue weighted by atomic mass is 9.95. The van der Waals surface area contributed by atoms with Crippen LogP contribution in [0.5, 0.6) is 0 Å². The molecule has 0 aliphatic rings. The summed E-state index contributed by atoms with van der Waals surface area (Å²) >= 11 is 0. The molecule has 16 heavy (non-hydrogen) atoms. The highest BCUT2D eigenvalue weighted by molar-refractivity contribution is 5.04. The molecular weight excluding hydrogens is 202 g/mol. The van der Waals surface area contributed by atoms with Crippen LogP contribution in [-0.4, -0.2) is 50.8 Å². The van der Waals surface area contributed by atoms with E-state index in [0.29, 0.717) is 6.04 Å². The van der Waals surface area contributed by atoms with Gasteiger partial charge in [-0.3, -0.25) is 0 Å². The third-order valence-corrected chi connectivity index (χ3v) is 3.11. The van der Waals surface area contributed by atoms with Gasteiger partial charge in [0, 0.05) is 26.3 Å². The topological polar surface area (TPSA) is 48.3 Å². The lowest BCUT2D eigenvalue weighted by molar-refractivity contribution is 0.160. The zero-order chi connectivity index (χ0) is 12.6. The number of nitrogens with one attached hydrogen (secondary N) is 1. The lowest BCUT2D eigenvalue weighted by Crippen LogP contribution is -2.45. The molecule has 0 aromatic heterocycles. The molecule has 4 heteroatoms. The molecule has 0 spiro atoms. The fourth-order valence-corrected chi connectivity index (χ4v) is 1.63. The van der Waals surface area contributed by atoms with Gasteiger partial charge in [0.25, 0.3) is 0 Å². The van der Waals surface area contributed by atoms with Crippen LogP contribution in [-0.2, 0) is 4.74 Å². The van der Waals surface area contributed by atoms with Gasteiger partial charge in [0.15, 0.2) is 0 Å². The van der Waals surface area contributed by atoms with E-state index < -0.39 is 5.54 Å². The first kappa shape index (κ1) is 15.4. The summed E-state index contributed by atoms with van der Waals surface area (Å²) in [6.45, 7) is 5.88. The van der Waals surface area contributed by atoms with Gasteiger partial charge < -0.3 is 15.0 Å². The van der Waals surface area contributed by atoms with Gasteiger partial charge in [-0.25, -0.2) is 0 Å². The number of nitrogens with zero attached hydrogens (tertiary/aromatic N) is 2. The largest absolute Gasteiger partial charge is 0.385 e. The predicted molar refractivity (Wildman–Crippen MR) is 66.3 cm³/mol. The first-order valence-electron chi connectivity index (χ1n) is 5.78. The summed E-state index contributed by atoms with van der Waals surface area (Å²) in [5.41, 5.74) is -0.436. The van der Waals surface area contributed by atoms with Gasteiger partial charge in [-0.2, -0.15) is 5.26 Å². The fraction of sp³-hybridized carbons (Fsp3) is 0.917. The van der Waals surface area contributed by atoms with Gasteiger partial charge in [0.05, 0.1) is 6.07 Å². The molecule has 0 saturated carbocycles. The third kappa shape index (κ3) is 5.45. The fourth-order valence-electron chi connectivity index (χ4n) is 1.63. The minimum atomic E-state index is -0.436. The Labute approximate surface area is 99.6 Å². The van der Waals surface area contributed by atoms with E-state index in [1.54, 1.807) is 7.11 Å². The molecule has 0 radical (unpaired) electrons. The van der Waals surface area contributed by atoms with E-state index in [1.165, 1.54) is 0 Å². The first-order valence-corrected chi connectivity index (χ1v) is 5.78. The van der Waals surface area contributed by atoms with Crippen LogP contribution in [0.3, 0.4) is 0 Å². The average Bonchev–Trinajstić information content (AvgIpc) is 2.29. The summed E-state index contributed by atoms with van der Waals surface area (Å²) in [6, 6.07) is 2.70. The molecule has 0 aromatic rings. The highest BCUT2D eigenvalue weighted by Crippen LogP contribution is 2.14. The van der Waals surface area contributed by atoms with Crippen molar-refractivity contribution in [2.45, 2.75) is 38.3 Å². The number of nitriles is 1. The molecule has 4 nitrogen and oxygen atoms in total. The second-order valence-corrected chi connectivity index (χ2v) is 4.57. The Morgan fingerprint density at radius 2 is 2.19 bits per heavy atom. The van der Waals surface area contributed by atoms with Gasteiger partial charge in [0.2, 0.25) is 0 Å². The van der Waals surface area contributed by atoms with E-state index in [2.05, 4.69) is 30.3 Å². The highest BCUT2D eigenvalue weighted by Gasteiger charge is 2.25. The van der Waals surface area contributed by atoms with Gasteiger partial charge in [-0.15, -0.1) is 0 Å². The molecule has 0 fully saturated rings. The molecule has 0 heterocycles. The molecule has 2 atom stereocenters. The number of hydrogen-bond donors (Lipinski definition) is 1. The summed E-state index contributed by atoms with van der Waals surface area (Å²) in [4.78, 5) is 2.27. The van der Waals surface area contributed by atoms with Crippen LogP contribution in [0.2, 0.25) is 0 Å². The van der Waals surface area contributed by atoms with Gasteiger partial charge in [-0.1, -0.05) is 0 Å². The summed E-state index contributed by atoms with van der Waals surface area (Å²) in [5.74, 6) is 0. The van der Waals surface area contributed by atoms with Crippen LogP contribution < -0.4 is 5.32 Å². The van der Waals surface area contributed by atoms with E-state index in [1.807, 2.05) is 14.0 Å². The molecule has 0 saturated heterocycles. The SMILES string of the molecule is CNC(C)(C#N)CC(C)N(C)CCCOC. The molecular formula is C12H25N3O. The number of ether oxygens (including phenoxy) is 1. The van der Waals surface area contributed by atoms with Crippen molar-refractivity contribution in [1.82, 2.24) is 10.2 Å². The van der Waals surface area contributed by atoms with Crippen molar-refractivity contribution in [2.75, 3.05) is 34.4 Å². The van der Waals surface area contributed by atoms with Crippen molar-refractivity contribution >= 4 is 0 Å². The highest BCUT2D eigenvalue weighted by atomic mass is 16.5. The predicted octanol–water partition coefficient (Wildman–Crippen LogP) is 1.23. The molecule has 2 unspecified atom stereocenters. The monoisotopic (exact) mass is 227 g/mol. The van der Waals surface area contributed by atoms with Crippen molar-refractivity contribution in [3.8, 4) is 6.07 Å². The Kier molecular flexibility index (Phi) is 7.31. The maximum atomic E-state index is 9.08. The van der Waals surface area contributed by atoms with Crippen LogP contribution in [0.25, 0.3) is 0 Å². The smallest absolute Gasteiger partial charge is 0.105 e. The van der Waals surface area contributed by atoms with Crippen molar-refractivity contribution in [3.63, 3.8) is 0 Å². The van der Waals surface area contributed by atoms with Crippen LogP contribution in [0.1, 0.15) is 26.7 Å². The Morgan fingerprint density at radius 3 is 2.62 bits per heavy atom. The van der Waals surface area contributed by atoms with E-state index in [4.69, 9.17) is 10.00 Å². The second-order valence-electron chi connectivity index (χ2n) is 4.57. The molecule has 0 aliphatic heterocycles. The third-order valence-electron chi connectivity index (χ3n) is 3.11. The quantitative estimate of drug-likeness (QED) is 0.634. The Bertz CT molecular complexity index is 227. The summed E-state index contributed by atoms with van der Waals surface area (Å²) in [5, 5.41) is 12.1. The number of rotatable bonds is 8. The Morgan fingerprint density at radius 1 is 1.56 bits per heavy atom. The van der Waals surface area contributed by atoms with Crippen molar-refractivity contribution in [1.29, 1.82) is 5.26 Å². The minimum Gasteiger partial charge on any atom is -0.385 e. The van der Waals surface area contributed by atoms with Crippen molar-refractivity contribution < 1.29 is 4.74 Å². The molecule has 0 bridgehead atoms. The summed E-state index contributed by atoms with van der Waals surface area (Å²) in [6.07, 6.45) is 1.85. The van der Waals surface area contributed by atoms with Crippen LogP contribution in [0.15, 0.2) is 0 Å². The molecule has 94 valence electrons. The standard InChI is InChI=1S/C12H25N3O/c1-11(9-12(2,10-13)14-3)15(4)7-6-8-16-5/h11,14H,6-9H2,1-5H3. The van der Waals surface area contributed by atoms with E-state index in [9.17, 15) is 0 Å². The molecule has 0 aliphatic carbocycles. The normalized spacial score (nSPS) is 16.8. The van der Waals surface area contributed by atoms with Crippen LogP contribution in [0.4, 0.5) is 0 Å². The zero-order valence-corrected chi connectivity index (χ0v) is 11.2. The maximum Gasteiger partial charge on any atom is 0.105 e. The van der Waals surface area contributed by atoms with E-state index in [0.717, 1.165) is 26.0 Å². The first-order chi connectivity index (χ1) is 7.49. The summed E-state index contributed by atoms with van der Waals surface area (Å²) in [7, 11) is 5.64. The molecule has 0 aromatic carbocycles. The maximum absolute atomic E-state index is 9.08. The minimum absolute atomic E-state index is 0.383. The zero-order valence-electron chi connectivity index (χ0n) is 11.2. The van der Waals surface area contributed by atoms with E-state index >= 15 is 0 Å². The summed E-state index contributed by atoms with van der Waals surface area (Å²) < 4.78 is 5.02. The number of hydrogen-bond acceptors (Lipinski definition) is 4. The Hall–Kier alpha value is -0.630. The molecule has 0 amide bonds. The Balaban J connectivity index is 4.04. The molecule has 0 rings (SSSR count). The average molecular weight is 227 g/mol. The van der Waals surface area contributed by atoms with Gasteiger partial charge >= 0.3 is 0 Å². The van der Waals surface area contributed by atoms with E-state index in [-0.39, 0.29) is 0 Å².